The van der Waals surface area contributed by atoms with E-state index in [9.17, 15) is 0 Å². The van der Waals surface area contributed by atoms with Crippen LogP contribution in [-0.2, 0) is 9.47 Å². The Hall–Kier alpha value is -0.420. The molecule has 1 unspecified atom stereocenters. The molecule has 4 heteroatoms. The van der Waals surface area contributed by atoms with Gasteiger partial charge in [0.1, 0.15) is 0 Å². The third kappa shape index (κ3) is 3.04. The predicted octanol–water partition coefficient (Wildman–Crippen LogP) is 2.55. The number of thiophene rings is 1. The summed E-state index contributed by atoms with van der Waals surface area (Å²) < 4.78 is 11.1. The fourth-order valence-corrected chi connectivity index (χ4v) is 2.61. The highest BCUT2D eigenvalue weighted by Crippen LogP contribution is 2.22. The first-order valence-electron chi connectivity index (χ1n) is 5.73. The van der Waals surface area contributed by atoms with Gasteiger partial charge in [-0.25, -0.2) is 0 Å². The first-order chi connectivity index (χ1) is 7.70. The lowest BCUT2D eigenvalue weighted by molar-refractivity contribution is -0.145. The van der Waals surface area contributed by atoms with Gasteiger partial charge < -0.3 is 14.8 Å². The normalized spacial score (nSPS) is 21.1. The first-order valence-corrected chi connectivity index (χ1v) is 6.67. The molecular weight excluding hydrogens is 222 g/mol. The van der Waals surface area contributed by atoms with Crippen LogP contribution in [0.4, 0.5) is 0 Å². The molecule has 1 saturated heterocycles. The molecule has 1 atom stereocenters. The summed E-state index contributed by atoms with van der Waals surface area (Å²) in [6.45, 7) is 6.54. The molecule has 2 heterocycles. The van der Waals surface area contributed by atoms with E-state index in [1.807, 2.05) is 6.92 Å². The van der Waals surface area contributed by atoms with Gasteiger partial charge in [0.25, 0.3) is 0 Å². The Bertz CT molecular complexity index is 307. The van der Waals surface area contributed by atoms with Gasteiger partial charge in [-0.05, 0) is 36.2 Å². The van der Waals surface area contributed by atoms with Crippen LogP contribution in [0.3, 0.4) is 0 Å². The van der Waals surface area contributed by atoms with Gasteiger partial charge in [-0.2, -0.15) is 11.3 Å². The van der Waals surface area contributed by atoms with E-state index in [1.165, 1.54) is 5.56 Å². The molecule has 2 rings (SSSR count). The highest BCUT2D eigenvalue weighted by Gasteiger charge is 2.30. The molecule has 3 nitrogen and oxygen atoms in total. The Morgan fingerprint density at radius 3 is 2.88 bits per heavy atom. The molecule has 0 amide bonds. The number of hydrogen-bond donors (Lipinski definition) is 1. The molecule has 1 aliphatic heterocycles. The van der Waals surface area contributed by atoms with Crippen molar-refractivity contribution in [2.45, 2.75) is 32.1 Å². The largest absolute Gasteiger partial charge is 0.348 e. The van der Waals surface area contributed by atoms with Gasteiger partial charge in [0.2, 0.25) is 0 Å². The lowest BCUT2D eigenvalue weighted by Crippen LogP contribution is -2.31. The van der Waals surface area contributed by atoms with Gasteiger partial charge in [0, 0.05) is 19.0 Å². The summed E-state index contributed by atoms with van der Waals surface area (Å²) in [5.41, 5.74) is 1.35. The van der Waals surface area contributed by atoms with E-state index in [2.05, 4.69) is 29.1 Å². The zero-order valence-corrected chi connectivity index (χ0v) is 10.7. The van der Waals surface area contributed by atoms with Gasteiger partial charge in [-0.15, -0.1) is 0 Å². The lowest BCUT2D eigenvalue weighted by atomic mass is 10.1. The maximum atomic E-state index is 5.55. The van der Waals surface area contributed by atoms with Crippen LogP contribution in [0.2, 0.25) is 0 Å². The molecule has 1 N–H and O–H groups in total. The summed E-state index contributed by atoms with van der Waals surface area (Å²) >= 11 is 1.74. The average molecular weight is 241 g/mol. The lowest BCUT2D eigenvalue weighted by Gasteiger charge is -2.23. The fraction of sp³-hybridized carbons (Fsp3) is 0.667. The van der Waals surface area contributed by atoms with Crippen molar-refractivity contribution >= 4 is 11.3 Å². The average Bonchev–Trinajstić information content (AvgIpc) is 2.88. The van der Waals surface area contributed by atoms with Crippen molar-refractivity contribution in [3.63, 3.8) is 0 Å². The maximum Gasteiger partial charge on any atom is 0.166 e. The van der Waals surface area contributed by atoms with Crippen molar-refractivity contribution in [1.82, 2.24) is 5.32 Å². The Balaban J connectivity index is 1.72. The highest BCUT2D eigenvalue weighted by atomic mass is 32.1. The topological polar surface area (TPSA) is 30.5 Å². The first kappa shape index (κ1) is 12.0. The van der Waals surface area contributed by atoms with E-state index < -0.39 is 0 Å². The van der Waals surface area contributed by atoms with Crippen molar-refractivity contribution in [2.75, 3.05) is 19.8 Å². The van der Waals surface area contributed by atoms with Crippen molar-refractivity contribution in [3.05, 3.63) is 22.4 Å². The molecule has 0 radical (unpaired) electrons. The van der Waals surface area contributed by atoms with E-state index in [0.29, 0.717) is 6.04 Å². The van der Waals surface area contributed by atoms with Crippen LogP contribution in [0.1, 0.15) is 31.9 Å². The van der Waals surface area contributed by atoms with E-state index in [-0.39, 0.29) is 5.79 Å². The fourth-order valence-electron chi connectivity index (χ4n) is 1.86. The zero-order valence-electron chi connectivity index (χ0n) is 9.86. The van der Waals surface area contributed by atoms with Crippen LogP contribution in [0.25, 0.3) is 0 Å². The molecule has 0 aromatic carbocycles. The minimum Gasteiger partial charge on any atom is -0.348 e. The Morgan fingerprint density at radius 2 is 2.25 bits per heavy atom. The number of hydrogen-bond acceptors (Lipinski definition) is 4. The van der Waals surface area contributed by atoms with Gasteiger partial charge in [0.15, 0.2) is 5.79 Å². The van der Waals surface area contributed by atoms with Crippen molar-refractivity contribution in [3.8, 4) is 0 Å². The molecule has 0 saturated carbocycles. The summed E-state index contributed by atoms with van der Waals surface area (Å²) in [5, 5.41) is 7.78. The molecule has 90 valence electrons. The standard InChI is InChI=1S/C12H19NO2S/c1-10(11-3-8-16-9-11)13-5-4-12(2)14-6-7-15-12/h3,8-10,13H,4-7H2,1-2H3. The quantitative estimate of drug-likeness (QED) is 0.859. The van der Waals surface area contributed by atoms with E-state index in [4.69, 9.17) is 9.47 Å². The molecule has 1 aromatic rings. The van der Waals surface area contributed by atoms with Crippen LogP contribution < -0.4 is 5.32 Å². The zero-order chi connectivity index (χ0) is 11.4. The van der Waals surface area contributed by atoms with Crippen LogP contribution in [0, 0.1) is 0 Å². The smallest absolute Gasteiger partial charge is 0.166 e. The third-order valence-electron chi connectivity index (χ3n) is 2.97. The van der Waals surface area contributed by atoms with Gasteiger partial charge in [-0.3, -0.25) is 0 Å². The van der Waals surface area contributed by atoms with Crippen LogP contribution in [0.15, 0.2) is 16.8 Å². The predicted molar refractivity (Wildman–Crippen MR) is 65.7 cm³/mol. The third-order valence-corrected chi connectivity index (χ3v) is 3.67. The van der Waals surface area contributed by atoms with Gasteiger partial charge in [0.05, 0.1) is 13.2 Å². The summed E-state index contributed by atoms with van der Waals surface area (Å²) in [6.07, 6.45) is 0.890. The highest BCUT2D eigenvalue weighted by molar-refractivity contribution is 7.07. The van der Waals surface area contributed by atoms with Gasteiger partial charge in [-0.1, -0.05) is 0 Å². The van der Waals surface area contributed by atoms with Crippen LogP contribution in [-0.4, -0.2) is 25.5 Å². The van der Waals surface area contributed by atoms with E-state index >= 15 is 0 Å². The number of ether oxygens (including phenoxy) is 2. The summed E-state index contributed by atoms with van der Waals surface area (Å²) in [5.74, 6) is -0.374. The van der Waals surface area contributed by atoms with Crippen molar-refractivity contribution in [2.24, 2.45) is 0 Å². The second-order valence-electron chi connectivity index (χ2n) is 4.31. The van der Waals surface area contributed by atoms with Crippen LogP contribution >= 0.6 is 11.3 Å². The van der Waals surface area contributed by atoms with E-state index in [1.54, 1.807) is 11.3 Å². The molecule has 1 aromatic heterocycles. The minimum absolute atomic E-state index is 0.374. The second-order valence-corrected chi connectivity index (χ2v) is 5.09. The SMILES string of the molecule is CC(NCCC1(C)OCCO1)c1ccsc1. The summed E-state index contributed by atoms with van der Waals surface area (Å²) in [6, 6.07) is 2.56. The van der Waals surface area contributed by atoms with Crippen molar-refractivity contribution < 1.29 is 9.47 Å². The van der Waals surface area contributed by atoms with Gasteiger partial charge >= 0.3 is 0 Å². The number of rotatable bonds is 5. The molecule has 1 fully saturated rings. The molecule has 0 aliphatic carbocycles. The number of nitrogens with one attached hydrogen (secondary N) is 1. The summed E-state index contributed by atoms with van der Waals surface area (Å²) in [4.78, 5) is 0. The molecular formula is C12H19NO2S. The van der Waals surface area contributed by atoms with Crippen molar-refractivity contribution in [1.29, 1.82) is 0 Å². The molecule has 1 aliphatic rings. The monoisotopic (exact) mass is 241 g/mol. The Labute approximate surface area is 101 Å². The Kier molecular flexibility index (Phi) is 3.97. The maximum absolute atomic E-state index is 5.55. The molecule has 0 bridgehead atoms. The molecule has 0 spiro atoms. The van der Waals surface area contributed by atoms with E-state index in [0.717, 1.165) is 26.2 Å². The molecule has 16 heavy (non-hydrogen) atoms. The second kappa shape index (κ2) is 5.27. The van der Waals surface area contributed by atoms with Crippen LogP contribution in [0.5, 0.6) is 0 Å². The minimum atomic E-state index is -0.374. The summed E-state index contributed by atoms with van der Waals surface area (Å²) in [7, 11) is 0. The Morgan fingerprint density at radius 1 is 1.50 bits per heavy atom.